The summed E-state index contributed by atoms with van der Waals surface area (Å²) in [6.07, 6.45) is 0.119. The number of carbonyl (C=O) groups is 1. The summed E-state index contributed by atoms with van der Waals surface area (Å²) in [7, 11) is 0. The maximum absolute atomic E-state index is 14.1. The van der Waals surface area contributed by atoms with Crippen LogP contribution in [0.3, 0.4) is 0 Å². The molecule has 3 aromatic rings. The Labute approximate surface area is 186 Å². The summed E-state index contributed by atoms with van der Waals surface area (Å²) in [5.41, 5.74) is 2.87. The molecule has 4 rings (SSSR count). The molecule has 8 heteroatoms. The number of likely N-dealkylation sites (N-methyl/N-ethyl adjacent to an activating group) is 1. The van der Waals surface area contributed by atoms with E-state index in [2.05, 4.69) is 22.0 Å². The summed E-state index contributed by atoms with van der Waals surface area (Å²) >= 11 is 0. The van der Waals surface area contributed by atoms with Gasteiger partial charge in [-0.15, -0.1) is 0 Å². The molecule has 0 saturated carbocycles. The zero-order valence-corrected chi connectivity index (χ0v) is 18.5. The fourth-order valence-electron chi connectivity index (χ4n) is 4.30. The van der Waals surface area contributed by atoms with E-state index in [4.69, 9.17) is 4.42 Å². The molecule has 1 fully saturated rings. The van der Waals surface area contributed by atoms with Gasteiger partial charge in [-0.2, -0.15) is 0 Å². The molecule has 0 bridgehead atoms. The van der Waals surface area contributed by atoms with Gasteiger partial charge in [-0.25, -0.2) is 9.18 Å². The molecule has 0 spiro atoms. The minimum atomic E-state index is -0.481. The van der Waals surface area contributed by atoms with Crippen molar-refractivity contribution < 1.29 is 13.6 Å². The lowest BCUT2D eigenvalue weighted by Gasteiger charge is -2.37. The number of fused-ring (bicyclic) bond motifs is 1. The maximum Gasteiger partial charge on any atom is 0.419 e. The summed E-state index contributed by atoms with van der Waals surface area (Å²) in [6, 6.07) is 11.5. The number of rotatable bonds is 7. The van der Waals surface area contributed by atoms with Crippen LogP contribution in [-0.4, -0.2) is 48.1 Å². The van der Waals surface area contributed by atoms with E-state index in [0.29, 0.717) is 11.1 Å². The molecule has 1 aliphatic rings. The minimum absolute atomic E-state index is 0.119. The van der Waals surface area contributed by atoms with Gasteiger partial charge >= 0.3 is 5.76 Å². The van der Waals surface area contributed by atoms with Gasteiger partial charge in [0, 0.05) is 50.4 Å². The zero-order valence-electron chi connectivity index (χ0n) is 18.5. The highest BCUT2D eigenvalue weighted by Crippen LogP contribution is 2.28. The number of carbonyl (C=O) groups excluding carboxylic acids is 1. The van der Waals surface area contributed by atoms with Gasteiger partial charge in [0.25, 0.3) is 0 Å². The molecule has 1 aromatic heterocycles. The molecule has 32 heavy (non-hydrogen) atoms. The Bertz CT molecular complexity index is 1150. The molecule has 0 radical (unpaired) electrons. The number of aromatic nitrogens is 1. The summed E-state index contributed by atoms with van der Waals surface area (Å²) in [5, 5.41) is 2.96. The highest BCUT2D eigenvalue weighted by atomic mass is 19.1. The summed E-state index contributed by atoms with van der Waals surface area (Å²) in [6.45, 7) is 8.89. The SMILES string of the molecule is CCN1CCN(c2ccc(F)cc2C(C)NC(=O)CCn2c(=O)oc3ccccc32)CC1. The van der Waals surface area contributed by atoms with Crippen LogP contribution < -0.4 is 16.0 Å². The molecular formula is C24H29FN4O3. The lowest BCUT2D eigenvalue weighted by Crippen LogP contribution is -2.46. The van der Waals surface area contributed by atoms with Crippen LogP contribution in [0.2, 0.25) is 0 Å². The number of oxazole rings is 1. The van der Waals surface area contributed by atoms with Crippen LogP contribution in [0.4, 0.5) is 10.1 Å². The quantitative estimate of drug-likeness (QED) is 0.611. The van der Waals surface area contributed by atoms with E-state index in [1.165, 1.54) is 16.7 Å². The van der Waals surface area contributed by atoms with Gasteiger partial charge in [-0.3, -0.25) is 9.36 Å². The second kappa shape index (κ2) is 9.56. The van der Waals surface area contributed by atoms with E-state index >= 15 is 0 Å². The molecule has 1 atom stereocenters. The van der Waals surface area contributed by atoms with Crippen molar-refractivity contribution in [1.29, 1.82) is 0 Å². The summed E-state index contributed by atoms with van der Waals surface area (Å²) in [4.78, 5) is 29.4. The van der Waals surface area contributed by atoms with Gasteiger partial charge in [0.05, 0.1) is 11.6 Å². The number of aryl methyl sites for hydroxylation is 1. The van der Waals surface area contributed by atoms with E-state index in [0.717, 1.165) is 44.0 Å². The minimum Gasteiger partial charge on any atom is -0.408 e. The van der Waals surface area contributed by atoms with E-state index in [-0.39, 0.29) is 30.7 Å². The first-order valence-corrected chi connectivity index (χ1v) is 11.1. The smallest absolute Gasteiger partial charge is 0.408 e. The Morgan fingerprint density at radius 1 is 1.16 bits per heavy atom. The van der Waals surface area contributed by atoms with Gasteiger partial charge < -0.3 is 19.5 Å². The largest absolute Gasteiger partial charge is 0.419 e. The first-order valence-electron chi connectivity index (χ1n) is 11.1. The third-order valence-corrected chi connectivity index (χ3v) is 6.13. The Kier molecular flexibility index (Phi) is 6.60. The monoisotopic (exact) mass is 440 g/mol. The van der Waals surface area contributed by atoms with Crippen LogP contribution in [0, 0.1) is 5.82 Å². The Morgan fingerprint density at radius 3 is 2.66 bits per heavy atom. The summed E-state index contributed by atoms with van der Waals surface area (Å²) in [5.74, 6) is -1.01. The van der Waals surface area contributed by atoms with E-state index in [9.17, 15) is 14.0 Å². The zero-order chi connectivity index (χ0) is 22.7. The van der Waals surface area contributed by atoms with Crippen LogP contribution in [0.15, 0.2) is 51.7 Å². The van der Waals surface area contributed by atoms with Gasteiger partial charge in [-0.1, -0.05) is 19.1 Å². The van der Waals surface area contributed by atoms with Crippen LogP contribution in [0.25, 0.3) is 11.1 Å². The topological polar surface area (TPSA) is 70.7 Å². The van der Waals surface area contributed by atoms with Gasteiger partial charge in [0.15, 0.2) is 5.58 Å². The number of hydrogen-bond acceptors (Lipinski definition) is 5. The molecule has 1 aliphatic heterocycles. The van der Waals surface area contributed by atoms with Crippen molar-refractivity contribution in [3.8, 4) is 0 Å². The number of nitrogens with zero attached hydrogens (tertiary/aromatic N) is 3. The Hall–Kier alpha value is -3.13. The van der Waals surface area contributed by atoms with Crippen LogP contribution in [0.1, 0.15) is 31.9 Å². The highest BCUT2D eigenvalue weighted by molar-refractivity contribution is 5.77. The Balaban J connectivity index is 1.43. The third kappa shape index (κ3) is 4.70. The predicted octanol–water partition coefficient (Wildman–Crippen LogP) is 3.14. The molecular weight excluding hydrogens is 411 g/mol. The van der Waals surface area contributed by atoms with Crippen LogP contribution in [-0.2, 0) is 11.3 Å². The standard InChI is InChI=1S/C24H29FN4O3/c1-3-27-12-14-28(15-13-27)20-9-8-18(25)16-19(20)17(2)26-23(30)10-11-29-21-6-4-5-7-22(21)32-24(29)31/h4-9,16-17H,3,10-15H2,1-2H3,(H,26,30). The van der Waals surface area contributed by atoms with E-state index < -0.39 is 5.76 Å². The van der Waals surface area contributed by atoms with Gasteiger partial charge in [-0.05, 0) is 43.8 Å². The number of nitrogens with one attached hydrogen (secondary N) is 1. The average molecular weight is 441 g/mol. The van der Waals surface area contributed by atoms with Crippen LogP contribution >= 0.6 is 0 Å². The van der Waals surface area contributed by atoms with Crippen molar-refractivity contribution in [3.63, 3.8) is 0 Å². The van der Waals surface area contributed by atoms with Crippen molar-refractivity contribution in [2.45, 2.75) is 32.9 Å². The molecule has 0 aliphatic carbocycles. The second-order valence-electron chi connectivity index (χ2n) is 8.15. The average Bonchev–Trinajstić information content (AvgIpc) is 3.12. The predicted molar refractivity (Wildman–Crippen MR) is 122 cm³/mol. The molecule has 1 amide bonds. The first kappa shape index (κ1) is 22.1. The number of anilines is 1. The van der Waals surface area contributed by atoms with Crippen molar-refractivity contribution in [2.75, 3.05) is 37.6 Å². The van der Waals surface area contributed by atoms with Crippen molar-refractivity contribution in [2.24, 2.45) is 0 Å². The molecule has 1 unspecified atom stereocenters. The lowest BCUT2D eigenvalue weighted by atomic mass is 10.0. The first-order chi connectivity index (χ1) is 15.5. The molecule has 7 nitrogen and oxygen atoms in total. The molecule has 2 heterocycles. The molecule has 170 valence electrons. The van der Waals surface area contributed by atoms with Crippen molar-refractivity contribution in [3.05, 3.63) is 64.4 Å². The van der Waals surface area contributed by atoms with Crippen molar-refractivity contribution in [1.82, 2.24) is 14.8 Å². The molecule has 2 aromatic carbocycles. The number of halogens is 1. The fraction of sp³-hybridized carbons (Fsp3) is 0.417. The highest BCUT2D eigenvalue weighted by Gasteiger charge is 2.22. The van der Waals surface area contributed by atoms with Gasteiger partial charge in [0.1, 0.15) is 5.82 Å². The lowest BCUT2D eigenvalue weighted by molar-refractivity contribution is -0.121. The number of hydrogen-bond donors (Lipinski definition) is 1. The van der Waals surface area contributed by atoms with Crippen molar-refractivity contribution >= 4 is 22.7 Å². The third-order valence-electron chi connectivity index (χ3n) is 6.13. The fourth-order valence-corrected chi connectivity index (χ4v) is 4.30. The summed E-state index contributed by atoms with van der Waals surface area (Å²) < 4.78 is 20.7. The van der Waals surface area contributed by atoms with Crippen LogP contribution in [0.5, 0.6) is 0 Å². The molecule has 1 N–H and O–H groups in total. The van der Waals surface area contributed by atoms with E-state index in [1.54, 1.807) is 24.3 Å². The number of benzene rings is 2. The number of para-hydroxylation sites is 2. The number of piperazine rings is 1. The second-order valence-corrected chi connectivity index (χ2v) is 8.15. The maximum atomic E-state index is 14.1. The van der Waals surface area contributed by atoms with Gasteiger partial charge in [0.2, 0.25) is 5.91 Å². The van der Waals surface area contributed by atoms with E-state index in [1.807, 2.05) is 13.0 Å². The normalized spacial score (nSPS) is 15.8. The molecule has 1 saturated heterocycles. The Morgan fingerprint density at radius 2 is 1.91 bits per heavy atom. The number of amides is 1.